The highest BCUT2D eigenvalue weighted by Gasteiger charge is 2.22. The summed E-state index contributed by atoms with van der Waals surface area (Å²) in [5.74, 6) is 1.25. The second kappa shape index (κ2) is 6.23. The molecule has 2 aromatic rings. The minimum absolute atomic E-state index is 0.165. The molecule has 2 aromatic heterocycles. The Morgan fingerprint density at radius 2 is 1.78 bits per heavy atom. The number of hydrogen-bond donors (Lipinski definition) is 0. The monoisotopic (exact) mass is 311 g/mol. The number of anilines is 2. The van der Waals surface area contributed by atoms with Crippen LogP contribution < -0.4 is 9.80 Å². The standard InChI is InChI=1S/C14H13N7O2/c15-10-11-12(21(22)23)2-3-13(18-11)19-6-8-20(9-7-19)14-16-4-1-5-17-14/h1-5H,6-9H2. The third-order valence-corrected chi connectivity index (χ3v) is 3.60. The van der Waals surface area contributed by atoms with Crippen molar-refractivity contribution < 1.29 is 4.92 Å². The third kappa shape index (κ3) is 3.01. The van der Waals surface area contributed by atoms with Crippen LogP contribution in [0.25, 0.3) is 0 Å². The van der Waals surface area contributed by atoms with E-state index in [1.54, 1.807) is 30.6 Å². The van der Waals surface area contributed by atoms with Crippen LogP contribution in [0, 0.1) is 21.4 Å². The molecule has 0 aliphatic carbocycles. The number of pyridine rings is 1. The van der Waals surface area contributed by atoms with Gasteiger partial charge in [0.25, 0.3) is 0 Å². The summed E-state index contributed by atoms with van der Waals surface area (Å²) in [4.78, 5) is 26.9. The molecule has 116 valence electrons. The van der Waals surface area contributed by atoms with E-state index >= 15 is 0 Å². The molecule has 0 radical (unpaired) electrons. The highest BCUT2D eigenvalue weighted by atomic mass is 16.6. The van der Waals surface area contributed by atoms with Crippen molar-refractivity contribution in [1.82, 2.24) is 15.0 Å². The number of hydrogen-bond acceptors (Lipinski definition) is 8. The van der Waals surface area contributed by atoms with Crippen LogP contribution in [0.5, 0.6) is 0 Å². The molecule has 9 heteroatoms. The van der Waals surface area contributed by atoms with Gasteiger partial charge in [0.15, 0.2) is 0 Å². The van der Waals surface area contributed by atoms with Crippen LogP contribution in [0.1, 0.15) is 5.69 Å². The fraction of sp³-hybridized carbons (Fsp3) is 0.286. The summed E-state index contributed by atoms with van der Waals surface area (Å²) in [6.07, 6.45) is 3.40. The van der Waals surface area contributed by atoms with Gasteiger partial charge in [-0.25, -0.2) is 15.0 Å². The van der Waals surface area contributed by atoms with Gasteiger partial charge in [-0.05, 0) is 12.1 Å². The summed E-state index contributed by atoms with van der Waals surface area (Å²) in [6.45, 7) is 2.77. The average Bonchev–Trinajstić information content (AvgIpc) is 2.62. The molecule has 0 bridgehead atoms. The predicted molar refractivity (Wildman–Crippen MR) is 82.1 cm³/mol. The van der Waals surface area contributed by atoms with Crippen molar-refractivity contribution in [3.63, 3.8) is 0 Å². The zero-order chi connectivity index (χ0) is 16.2. The second-order valence-electron chi connectivity index (χ2n) is 4.93. The lowest BCUT2D eigenvalue weighted by Crippen LogP contribution is -2.47. The van der Waals surface area contributed by atoms with Gasteiger partial charge in [0.2, 0.25) is 11.6 Å². The summed E-state index contributed by atoms with van der Waals surface area (Å²) in [7, 11) is 0. The Bertz CT molecular complexity index is 751. The molecule has 1 saturated heterocycles. The topological polar surface area (TPSA) is 112 Å². The number of aromatic nitrogens is 3. The SMILES string of the molecule is N#Cc1nc(N2CCN(c3ncccn3)CC2)ccc1[N+](=O)[O-]. The van der Waals surface area contributed by atoms with E-state index in [9.17, 15) is 10.1 Å². The van der Waals surface area contributed by atoms with E-state index in [4.69, 9.17) is 5.26 Å². The Labute approximate surface area is 132 Å². The number of piperazine rings is 1. The van der Waals surface area contributed by atoms with Crippen LogP contribution in [0.15, 0.2) is 30.6 Å². The molecule has 0 spiro atoms. The van der Waals surface area contributed by atoms with Crippen LogP contribution in [0.4, 0.5) is 17.5 Å². The Morgan fingerprint density at radius 3 is 2.39 bits per heavy atom. The molecule has 23 heavy (non-hydrogen) atoms. The minimum atomic E-state index is -0.597. The number of nitrogens with zero attached hydrogens (tertiary/aromatic N) is 7. The minimum Gasteiger partial charge on any atom is -0.353 e. The summed E-state index contributed by atoms with van der Waals surface area (Å²) >= 11 is 0. The van der Waals surface area contributed by atoms with E-state index in [1.807, 2.05) is 4.90 Å². The average molecular weight is 311 g/mol. The van der Waals surface area contributed by atoms with E-state index in [0.29, 0.717) is 37.9 Å². The van der Waals surface area contributed by atoms with Crippen molar-refractivity contribution in [3.05, 3.63) is 46.4 Å². The Morgan fingerprint density at radius 1 is 1.13 bits per heavy atom. The zero-order valence-electron chi connectivity index (χ0n) is 12.2. The molecular weight excluding hydrogens is 298 g/mol. The first-order valence-electron chi connectivity index (χ1n) is 7.01. The maximum Gasteiger partial charge on any atom is 0.305 e. The van der Waals surface area contributed by atoms with E-state index in [2.05, 4.69) is 19.9 Å². The molecule has 0 atom stereocenters. The summed E-state index contributed by atoms with van der Waals surface area (Å²) in [5.41, 5.74) is -0.436. The lowest BCUT2D eigenvalue weighted by Gasteiger charge is -2.35. The molecule has 0 saturated carbocycles. The van der Waals surface area contributed by atoms with Crippen molar-refractivity contribution in [1.29, 1.82) is 5.26 Å². The van der Waals surface area contributed by atoms with Gasteiger partial charge in [-0.1, -0.05) is 0 Å². The second-order valence-corrected chi connectivity index (χ2v) is 4.93. The van der Waals surface area contributed by atoms with Gasteiger partial charge in [0.05, 0.1) is 4.92 Å². The molecular formula is C14H13N7O2. The molecule has 0 N–H and O–H groups in total. The first-order chi connectivity index (χ1) is 11.2. The number of nitriles is 1. The van der Waals surface area contributed by atoms with E-state index in [0.717, 1.165) is 0 Å². The van der Waals surface area contributed by atoms with Crippen LogP contribution >= 0.6 is 0 Å². The van der Waals surface area contributed by atoms with Gasteiger partial charge in [-0.2, -0.15) is 5.26 Å². The molecule has 1 fully saturated rings. The molecule has 9 nitrogen and oxygen atoms in total. The Balaban J connectivity index is 1.73. The van der Waals surface area contributed by atoms with Crippen molar-refractivity contribution in [2.75, 3.05) is 36.0 Å². The maximum atomic E-state index is 10.8. The van der Waals surface area contributed by atoms with Crippen LogP contribution in [0.2, 0.25) is 0 Å². The smallest absolute Gasteiger partial charge is 0.305 e. The van der Waals surface area contributed by atoms with Crippen molar-refractivity contribution in [2.24, 2.45) is 0 Å². The van der Waals surface area contributed by atoms with Gasteiger partial charge in [-0.3, -0.25) is 10.1 Å². The van der Waals surface area contributed by atoms with Gasteiger partial charge in [0, 0.05) is 44.6 Å². The quantitative estimate of drug-likeness (QED) is 0.609. The van der Waals surface area contributed by atoms with Gasteiger partial charge in [-0.15, -0.1) is 0 Å². The lowest BCUT2D eigenvalue weighted by molar-refractivity contribution is -0.385. The molecule has 1 aliphatic rings. The molecule has 0 amide bonds. The highest BCUT2D eigenvalue weighted by Crippen LogP contribution is 2.22. The third-order valence-electron chi connectivity index (χ3n) is 3.60. The Kier molecular flexibility index (Phi) is 3.97. The van der Waals surface area contributed by atoms with E-state index in [1.165, 1.54) is 6.07 Å². The predicted octanol–water partition coefficient (Wildman–Crippen LogP) is 0.978. The fourth-order valence-electron chi connectivity index (χ4n) is 2.44. The van der Waals surface area contributed by atoms with Crippen LogP contribution in [-0.4, -0.2) is 46.1 Å². The van der Waals surface area contributed by atoms with E-state index in [-0.39, 0.29) is 11.4 Å². The summed E-state index contributed by atoms with van der Waals surface area (Å²) < 4.78 is 0. The Hall–Kier alpha value is -3.28. The lowest BCUT2D eigenvalue weighted by atomic mass is 10.2. The summed E-state index contributed by atoms with van der Waals surface area (Å²) in [6, 6.07) is 6.45. The molecule has 0 aromatic carbocycles. The number of rotatable bonds is 3. The molecule has 3 heterocycles. The largest absolute Gasteiger partial charge is 0.353 e. The first-order valence-corrected chi connectivity index (χ1v) is 7.01. The van der Waals surface area contributed by atoms with E-state index < -0.39 is 4.92 Å². The van der Waals surface area contributed by atoms with Crippen molar-refractivity contribution in [2.45, 2.75) is 0 Å². The zero-order valence-corrected chi connectivity index (χ0v) is 12.2. The van der Waals surface area contributed by atoms with Crippen LogP contribution in [-0.2, 0) is 0 Å². The first kappa shape index (κ1) is 14.6. The van der Waals surface area contributed by atoms with Gasteiger partial charge in [0.1, 0.15) is 11.9 Å². The highest BCUT2D eigenvalue weighted by molar-refractivity contribution is 5.52. The molecule has 3 rings (SSSR count). The molecule has 1 aliphatic heterocycles. The van der Waals surface area contributed by atoms with Crippen molar-refractivity contribution in [3.8, 4) is 6.07 Å². The van der Waals surface area contributed by atoms with Gasteiger partial charge < -0.3 is 9.80 Å². The number of nitro groups is 1. The normalized spacial score (nSPS) is 14.4. The summed E-state index contributed by atoms with van der Waals surface area (Å²) in [5, 5.41) is 19.9. The van der Waals surface area contributed by atoms with Crippen molar-refractivity contribution >= 4 is 17.5 Å². The van der Waals surface area contributed by atoms with Crippen LogP contribution in [0.3, 0.4) is 0 Å². The fourth-order valence-corrected chi connectivity index (χ4v) is 2.44. The maximum absolute atomic E-state index is 10.8. The van der Waals surface area contributed by atoms with Gasteiger partial charge >= 0.3 is 5.69 Å². The molecule has 0 unspecified atom stereocenters.